The fourth-order valence-corrected chi connectivity index (χ4v) is 2.44. The van der Waals surface area contributed by atoms with Gasteiger partial charge >= 0.3 is 0 Å². The second-order valence-corrected chi connectivity index (χ2v) is 4.93. The summed E-state index contributed by atoms with van der Waals surface area (Å²) >= 11 is 0. The van der Waals surface area contributed by atoms with Crippen LogP contribution in [0.5, 0.6) is 5.75 Å². The Kier molecular flexibility index (Phi) is 3.54. The first-order valence-electron chi connectivity index (χ1n) is 6.72. The maximum Gasteiger partial charge on any atom is 0.137 e. The Morgan fingerprint density at radius 2 is 1.95 bits per heavy atom. The van der Waals surface area contributed by atoms with Crippen molar-refractivity contribution in [2.24, 2.45) is 0 Å². The Labute approximate surface area is 123 Å². The summed E-state index contributed by atoms with van der Waals surface area (Å²) in [5.41, 5.74) is 3.28. The molecule has 0 radical (unpaired) electrons. The standard InChI is InChI=1S/C17H16N2O2/c1-11-7-15(14-5-3-4-6-16(14)19-11)17(20)12-8-13(21-2)10-18-9-12/h3-10,17,20H,1-2H3. The number of aliphatic hydroxyl groups is 1. The van der Waals surface area contributed by atoms with Crippen LogP contribution < -0.4 is 4.74 Å². The molecule has 0 aliphatic carbocycles. The fourth-order valence-electron chi connectivity index (χ4n) is 2.44. The highest BCUT2D eigenvalue weighted by Crippen LogP contribution is 2.29. The topological polar surface area (TPSA) is 55.2 Å². The number of pyridine rings is 2. The van der Waals surface area contributed by atoms with E-state index in [0.717, 1.165) is 22.2 Å². The van der Waals surface area contributed by atoms with E-state index in [1.165, 1.54) is 0 Å². The number of rotatable bonds is 3. The van der Waals surface area contributed by atoms with E-state index in [2.05, 4.69) is 9.97 Å². The van der Waals surface area contributed by atoms with Crippen molar-refractivity contribution in [1.29, 1.82) is 0 Å². The first kappa shape index (κ1) is 13.5. The van der Waals surface area contributed by atoms with Crippen molar-refractivity contribution in [2.45, 2.75) is 13.0 Å². The smallest absolute Gasteiger partial charge is 0.137 e. The van der Waals surface area contributed by atoms with Gasteiger partial charge in [0.1, 0.15) is 11.9 Å². The van der Waals surface area contributed by atoms with Crippen LogP contribution in [-0.4, -0.2) is 22.2 Å². The molecule has 0 saturated carbocycles. The molecule has 3 aromatic rings. The van der Waals surface area contributed by atoms with Crippen LogP contribution in [0, 0.1) is 6.92 Å². The summed E-state index contributed by atoms with van der Waals surface area (Å²) in [4.78, 5) is 8.60. The molecule has 0 spiro atoms. The highest BCUT2D eigenvalue weighted by Gasteiger charge is 2.16. The van der Waals surface area contributed by atoms with E-state index in [4.69, 9.17) is 4.74 Å². The number of methoxy groups -OCH3 is 1. The molecule has 1 N–H and O–H groups in total. The van der Waals surface area contributed by atoms with E-state index in [1.54, 1.807) is 25.6 Å². The average Bonchev–Trinajstić information content (AvgIpc) is 2.53. The molecule has 4 heteroatoms. The van der Waals surface area contributed by atoms with Crippen LogP contribution in [-0.2, 0) is 0 Å². The van der Waals surface area contributed by atoms with Crippen LogP contribution in [0.3, 0.4) is 0 Å². The molecule has 0 bridgehead atoms. The number of aryl methyl sites for hydroxylation is 1. The number of hydrogen-bond donors (Lipinski definition) is 1. The van der Waals surface area contributed by atoms with Gasteiger partial charge in [0, 0.05) is 22.8 Å². The summed E-state index contributed by atoms with van der Waals surface area (Å²) < 4.78 is 5.17. The lowest BCUT2D eigenvalue weighted by Gasteiger charge is -2.15. The largest absolute Gasteiger partial charge is 0.495 e. The van der Waals surface area contributed by atoms with Gasteiger partial charge in [0.15, 0.2) is 0 Å². The quantitative estimate of drug-likeness (QED) is 0.801. The van der Waals surface area contributed by atoms with Crippen molar-refractivity contribution >= 4 is 10.9 Å². The third-order valence-electron chi connectivity index (χ3n) is 3.46. The van der Waals surface area contributed by atoms with Crippen LogP contribution in [0.15, 0.2) is 48.8 Å². The van der Waals surface area contributed by atoms with Gasteiger partial charge in [-0.3, -0.25) is 9.97 Å². The van der Waals surface area contributed by atoms with E-state index in [9.17, 15) is 5.11 Å². The molecule has 0 saturated heterocycles. The number of ether oxygens (including phenoxy) is 1. The number of para-hydroxylation sites is 1. The van der Waals surface area contributed by atoms with Crippen molar-refractivity contribution in [3.63, 3.8) is 0 Å². The Morgan fingerprint density at radius 1 is 1.14 bits per heavy atom. The van der Waals surface area contributed by atoms with Crippen LogP contribution in [0.1, 0.15) is 22.9 Å². The van der Waals surface area contributed by atoms with E-state index in [1.807, 2.05) is 37.3 Å². The van der Waals surface area contributed by atoms with Crippen molar-refractivity contribution in [3.8, 4) is 5.75 Å². The lowest BCUT2D eigenvalue weighted by Crippen LogP contribution is -2.03. The fraction of sp³-hybridized carbons (Fsp3) is 0.176. The summed E-state index contributed by atoms with van der Waals surface area (Å²) in [5.74, 6) is 0.627. The monoisotopic (exact) mass is 280 g/mol. The maximum absolute atomic E-state index is 10.7. The molecular weight excluding hydrogens is 264 g/mol. The lowest BCUT2D eigenvalue weighted by molar-refractivity contribution is 0.220. The Bertz CT molecular complexity index is 787. The van der Waals surface area contributed by atoms with Crippen LogP contribution in [0.25, 0.3) is 10.9 Å². The predicted molar refractivity (Wildman–Crippen MR) is 81.3 cm³/mol. The van der Waals surface area contributed by atoms with Gasteiger partial charge in [-0.1, -0.05) is 18.2 Å². The second-order valence-electron chi connectivity index (χ2n) is 4.93. The van der Waals surface area contributed by atoms with Crippen LogP contribution in [0.2, 0.25) is 0 Å². The molecule has 0 aliphatic heterocycles. The number of aromatic nitrogens is 2. The van der Waals surface area contributed by atoms with Crippen molar-refractivity contribution in [1.82, 2.24) is 9.97 Å². The Hall–Kier alpha value is -2.46. The molecule has 1 unspecified atom stereocenters. The van der Waals surface area contributed by atoms with Gasteiger partial charge in [-0.15, -0.1) is 0 Å². The Morgan fingerprint density at radius 3 is 2.76 bits per heavy atom. The van der Waals surface area contributed by atoms with Crippen LogP contribution in [0.4, 0.5) is 0 Å². The van der Waals surface area contributed by atoms with Gasteiger partial charge < -0.3 is 9.84 Å². The number of aliphatic hydroxyl groups excluding tert-OH is 1. The molecular formula is C17H16N2O2. The molecule has 3 rings (SSSR count). The molecule has 21 heavy (non-hydrogen) atoms. The normalized spacial score (nSPS) is 12.3. The first-order chi connectivity index (χ1) is 10.2. The van der Waals surface area contributed by atoms with E-state index >= 15 is 0 Å². The highest BCUT2D eigenvalue weighted by molar-refractivity contribution is 5.83. The number of nitrogens with zero attached hydrogens (tertiary/aromatic N) is 2. The molecule has 2 aromatic heterocycles. The highest BCUT2D eigenvalue weighted by atomic mass is 16.5. The minimum absolute atomic E-state index is 0.627. The van der Waals surface area contributed by atoms with Crippen molar-refractivity contribution < 1.29 is 9.84 Å². The van der Waals surface area contributed by atoms with Gasteiger partial charge in [-0.05, 0) is 30.7 Å². The zero-order chi connectivity index (χ0) is 14.8. The van der Waals surface area contributed by atoms with E-state index < -0.39 is 6.10 Å². The summed E-state index contributed by atoms with van der Waals surface area (Å²) in [6, 6.07) is 11.5. The molecule has 0 aliphatic rings. The SMILES string of the molecule is COc1cncc(C(O)c2cc(C)nc3ccccc23)c1. The average molecular weight is 280 g/mol. The Balaban J connectivity index is 2.14. The molecule has 0 fully saturated rings. The van der Waals surface area contributed by atoms with Gasteiger partial charge in [0.2, 0.25) is 0 Å². The van der Waals surface area contributed by atoms with Gasteiger partial charge in [0.05, 0.1) is 18.8 Å². The molecule has 1 atom stereocenters. The zero-order valence-electron chi connectivity index (χ0n) is 11.9. The molecule has 106 valence electrons. The van der Waals surface area contributed by atoms with E-state index in [0.29, 0.717) is 11.3 Å². The lowest BCUT2D eigenvalue weighted by atomic mass is 9.98. The number of fused-ring (bicyclic) bond motifs is 1. The molecule has 1 aromatic carbocycles. The first-order valence-corrected chi connectivity index (χ1v) is 6.72. The van der Waals surface area contributed by atoms with Crippen LogP contribution >= 0.6 is 0 Å². The minimum atomic E-state index is -0.765. The minimum Gasteiger partial charge on any atom is -0.495 e. The third-order valence-corrected chi connectivity index (χ3v) is 3.46. The summed E-state index contributed by atoms with van der Waals surface area (Å²) in [6.07, 6.45) is 2.50. The van der Waals surface area contributed by atoms with Crippen molar-refractivity contribution in [3.05, 3.63) is 65.6 Å². The zero-order valence-corrected chi connectivity index (χ0v) is 11.9. The molecule has 0 amide bonds. The van der Waals surface area contributed by atoms with Gasteiger partial charge in [-0.25, -0.2) is 0 Å². The van der Waals surface area contributed by atoms with E-state index in [-0.39, 0.29) is 0 Å². The molecule has 2 heterocycles. The summed E-state index contributed by atoms with van der Waals surface area (Å²) in [6.45, 7) is 1.92. The maximum atomic E-state index is 10.7. The predicted octanol–water partition coefficient (Wildman–Crippen LogP) is 3.03. The summed E-state index contributed by atoms with van der Waals surface area (Å²) in [5, 5.41) is 11.7. The molecule has 4 nitrogen and oxygen atoms in total. The number of benzene rings is 1. The number of hydrogen-bond acceptors (Lipinski definition) is 4. The van der Waals surface area contributed by atoms with Gasteiger partial charge in [0.25, 0.3) is 0 Å². The van der Waals surface area contributed by atoms with Gasteiger partial charge in [-0.2, -0.15) is 0 Å². The third kappa shape index (κ3) is 2.58. The second kappa shape index (κ2) is 5.50. The summed E-state index contributed by atoms with van der Waals surface area (Å²) in [7, 11) is 1.58. The van der Waals surface area contributed by atoms with Crippen molar-refractivity contribution in [2.75, 3.05) is 7.11 Å².